The number of carbonyl (C=O) groups is 1. The third kappa shape index (κ3) is 8.18. The van der Waals surface area contributed by atoms with E-state index in [0.29, 0.717) is 31.9 Å². The summed E-state index contributed by atoms with van der Waals surface area (Å²) in [4.78, 5) is 14.1. The molecule has 204 valence electrons. The van der Waals surface area contributed by atoms with Gasteiger partial charge in [-0.15, -0.1) is 0 Å². The number of hydrogen-bond acceptors (Lipinski definition) is 5. The van der Waals surface area contributed by atoms with Crippen LogP contribution in [-0.4, -0.2) is 50.4 Å². The van der Waals surface area contributed by atoms with Gasteiger partial charge in [0.05, 0.1) is 56.1 Å². The molecule has 0 N–H and O–H groups in total. The van der Waals surface area contributed by atoms with E-state index in [1.165, 1.54) is 7.11 Å². The summed E-state index contributed by atoms with van der Waals surface area (Å²) in [6.07, 6.45) is -10.4. The number of rotatable bonds is 9. The second kappa shape index (κ2) is 12.3. The van der Waals surface area contributed by atoms with Crippen molar-refractivity contribution in [1.29, 1.82) is 0 Å². The Balaban J connectivity index is 1.84. The van der Waals surface area contributed by atoms with Gasteiger partial charge in [-0.1, -0.05) is 37.3 Å². The summed E-state index contributed by atoms with van der Waals surface area (Å²) < 4.78 is 95.9. The van der Waals surface area contributed by atoms with Crippen LogP contribution in [0.5, 0.6) is 0 Å². The summed E-state index contributed by atoms with van der Waals surface area (Å²) in [6.45, 7) is 2.81. The molecule has 0 aliphatic carbocycles. The molecule has 1 saturated heterocycles. The number of ether oxygens (including phenoxy) is 3. The number of methoxy groups -OCH3 is 1. The highest BCUT2D eigenvalue weighted by Gasteiger charge is 2.37. The maximum absolute atomic E-state index is 13.3. The van der Waals surface area contributed by atoms with E-state index in [-0.39, 0.29) is 30.6 Å². The Morgan fingerprint density at radius 1 is 1.05 bits per heavy atom. The van der Waals surface area contributed by atoms with Gasteiger partial charge in [0.1, 0.15) is 0 Å². The molecular formula is C26H29F6NO4. The number of esters is 1. The smallest absolute Gasteiger partial charge is 0.416 e. The minimum absolute atomic E-state index is 0.0818. The van der Waals surface area contributed by atoms with Crippen molar-refractivity contribution in [2.24, 2.45) is 5.92 Å². The second-order valence-corrected chi connectivity index (χ2v) is 9.00. The zero-order valence-corrected chi connectivity index (χ0v) is 20.4. The van der Waals surface area contributed by atoms with Gasteiger partial charge in [-0.3, -0.25) is 9.69 Å². The summed E-state index contributed by atoms with van der Waals surface area (Å²) in [6, 6.07) is 10.8. The van der Waals surface area contributed by atoms with Gasteiger partial charge < -0.3 is 14.2 Å². The molecule has 3 rings (SSSR count). The normalized spacial score (nSPS) is 18.9. The Hall–Kier alpha value is -2.63. The predicted octanol–water partition coefficient (Wildman–Crippen LogP) is 5.88. The molecule has 2 aromatic rings. The Labute approximate surface area is 211 Å². The van der Waals surface area contributed by atoms with E-state index < -0.39 is 48.1 Å². The van der Waals surface area contributed by atoms with E-state index in [1.54, 1.807) is 6.92 Å². The minimum Gasteiger partial charge on any atom is -0.469 e. The van der Waals surface area contributed by atoms with E-state index in [0.717, 1.165) is 5.56 Å². The Morgan fingerprint density at radius 3 is 2.24 bits per heavy atom. The van der Waals surface area contributed by atoms with E-state index in [4.69, 9.17) is 14.2 Å². The van der Waals surface area contributed by atoms with Crippen LogP contribution in [0.4, 0.5) is 26.3 Å². The molecule has 1 aliphatic rings. The lowest BCUT2D eigenvalue weighted by molar-refractivity contribution is -0.147. The lowest BCUT2D eigenvalue weighted by atomic mass is 10.0. The average Bonchev–Trinajstić information content (AvgIpc) is 2.86. The molecule has 0 bridgehead atoms. The fraction of sp³-hybridized carbons (Fsp3) is 0.500. The molecule has 0 radical (unpaired) electrons. The first-order chi connectivity index (χ1) is 17.4. The predicted molar refractivity (Wildman–Crippen MR) is 122 cm³/mol. The van der Waals surface area contributed by atoms with E-state index >= 15 is 0 Å². The number of carbonyl (C=O) groups excluding carboxylic acids is 1. The number of alkyl halides is 6. The standard InChI is InChI=1S/C26H29F6NO4/c1-17(24(34)35-2)10-22(14-33-8-9-36-16-23(33)19-6-4-3-5-7-19)37-15-18-11-20(25(27,28)29)13-21(12-18)26(30,31)32/h3-7,11-13,17,22-23H,8-10,14-16H2,1-2H3/t17?,22-,23-/m0/s1. The maximum Gasteiger partial charge on any atom is 0.416 e. The molecule has 0 amide bonds. The molecule has 5 nitrogen and oxygen atoms in total. The van der Waals surface area contributed by atoms with Crippen molar-refractivity contribution >= 4 is 5.97 Å². The van der Waals surface area contributed by atoms with Crippen molar-refractivity contribution in [2.45, 2.75) is 44.4 Å². The van der Waals surface area contributed by atoms with E-state index in [1.807, 2.05) is 30.3 Å². The Kier molecular flexibility index (Phi) is 9.60. The zero-order chi connectivity index (χ0) is 27.2. The molecule has 2 aromatic carbocycles. The second-order valence-electron chi connectivity index (χ2n) is 9.00. The first-order valence-corrected chi connectivity index (χ1v) is 11.7. The highest BCUT2D eigenvalue weighted by Crippen LogP contribution is 2.36. The lowest BCUT2D eigenvalue weighted by Gasteiger charge is -2.38. The Bertz CT molecular complexity index is 996. The van der Waals surface area contributed by atoms with Gasteiger partial charge in [0, 0.05) is 13.1 Å². The van der Waals surface area contributed by atoms with Crippen molar-refractivity contribution < 1.29 is 45.3 Å². The van der Waals surface area contributed by atoms with Crippen molar-refractivity contribution in [3.63, 3.8) is 0 Å². The first kappa shape index (κ1) is 28.9. The molecule has 1 heterocycles. The largest absolute Gasteiger partial charge is 0.469 e. The summed E-state index contributed by atoms with van der Waals surface area (Å²) >= 11 is 0. The molecule has 0 saturated carbocycles. The van der Waals surface area contributed by atoms with Crippen LogP contribution in [-0.2, 0) is 38.0 Å². The van der Waals surface area contributed by atoms with Gasteiger partial charge in [-0.25, -0.2) is 0 Å². The highest BCUT2D eigenvalue weighted by atomic mass is 19.4. The molecule has 3 atom stereocenters. The topological polar surface area (TPSA) is 48.0 Å². The van der Waals surface area contributed by atoms with Crippen molar-refractivity contribution in [3.05, 3.63) is 70.8 Å². The molecular weight excluding hydrogens is 504 g/mol. The number of benzene rings is 2. The molecule has 1 fully saturated rings. The fourth-order valence-corrected chi connectivity index (χ4v) is 4.30. The van der Waals surface area contributed by atoms with Crippen LogP contribution < -0.4 is 0 Å². The van der Waals surface area contributed by atoms with Gasteiger partial charge >= 0.3 is 18.3 Å². The molecule has 0 aromatic heterocycles. The summed E-state index contributed by atoms with van der Waals surface area (Å²) in [5.41, 5.74) is -2.08. The third-order valence-corrected chi connectivity index (χ3v) is 6.21. The molecule has 1 aliphatic heterocycles. The van der Waals surface area contributed by atoms with Crippen LogP contribution in [0.1, 0.15) is 41.6 Å². The minimum atomic E-state index is -4.95. The van der Waals surface area contributed by atoms with Crippen LogP contribution >= 0.6 is 0 Å². The number of hydrogen-bond donors (Lipinski definition) is 0. The average molecular weight is 534 g/mol. The quantitative estimate of drug-likeness (QED) is 0.298. The van der Waals surface area contributed by atoms with Crippen LogP contribution in [0, 0.1) is 5.92 Å². The third-order valence-electron chi connectivity index (χ3n) is 6.21. The SMILES string of the molecule is COC(=O)C(C)C[C@@H](CN1CCOC[C@H]1c1ccccc1)OCc1cc(C(F)(F)F)cc(C(F)(F)F)c1. The van der Waals surface area contributed by atoms with Gasteiger partial charge in [0.25, 0.3) is 0 Å². The first-order valence-electron chi connectivity index (χ1n) is 11.7. The Morgan fingerprint density at radius 2 is 1.68 bits per heavy atom. The van der Waals surface area contributed by atoms with Gasteiger partial charge in [-0.2, -0.15) is 26.3 Å². The number of morpholine rings is 1. The highest BCUT2D eigenvalue weighted by molar-refractivity contribution is 5.71. The summed E-state index contributed by atoms with van der Waals surface area (Å²) in [5.74, 6) is -1.09. The van der Waals surface area contributed by atoms with Gasteiger partial charge in [0.15, 0.2) is 0 Å². The molecule has 37 heavy (non-hydrogen) atoms. The fourth-order valence-electron chi connectivity index (χ4n) is 4.30. The summed E-state index contributed by atoms with van der Waals surface area (Å²) in [5, 5.41) is 0. The van der Waals surface area contributed by atoms with Crippen molar-refractivity contribution in [2.75, 3.05) is 33.4 Å². The van der Waals surface area contributed by atoms with Gasteiger partial charge in [-0.05, 0) is 35.7 Å². The molecule has 11 heteroatoms. The van der Waals surface area contributed by atoms with Crippen LogP contribution in [0.3, 0.4) is 0 Å². The molecule has 1 unspecified atom stereocenters. The van der Waals surface area contributed by atoms with Crippen LogP contribution in [0.15, 0.2) is 48.5 Å². The van der Waals surface area contributed by atoms with Crippen molar-refractivity contribution in [3.8, 4) is 0 Å². The maximum atomic E-state index is 13.3. The lowest BCUT2D eigenvalue weighted by Crippen LogP contribution is -2.44. The zero-order valence-electron chi connectivity index (χ0n) is 20.4. The monoisotopic (exact) mass is 533 g/mol. The summed E-state index contributed by atoms with van der Waals surface area (Å²) in [7, 11) is 1.24. The number of halogens is 6. The number of nitrogens with zero attached hydrogens (tertiary/aromatic N) is 1. The van der Waals surface area contributed by atoms with Crippen LogP contribution in [0.25, 0.3) is 0 Å². The molecule has 0 spiro atoms. The van der Waals surface area contributed by atoms with Gasteiger partial charge in [0.2, 0.25) is 0 Å². The van der Waals surface area contributed by atoms with E-state index in [9.17, 15) is 31.1 Å². The van der Waals surface area contributed by atoms with E-state index in [2.05, 4.69) is 4.90 Å². The van der Waals surface area contributed by atoms with Crippen molar-refractivity contribution in [1.82, 2.24) is 4.90 Å². The van der Waals surface area contributed by atoms with Crippen LogP contribution in [0.2, 0.25) is 0 Å².